The number of pyridine rings is 1. The molecule has 36 heavy (non-hydrogen) atoms. The molecule has 182 valence electrons. The van der Waals surface area contributed by atoms with Crippen LogP contribution < -0.4 is 25.2 Å². The number of hydrogen-bond donors (Lipinski definition) is 2. The standard InChI is InChI=1S/C25H22FN7O3/c1-32-13-15(36-21-6-4-3-5-20(21)32)10-27-25-28-11-16-22-17(12-29-31-22)24(34)33(23(16)30-25)19-8-7-14(35-2)9-18(19)26/h3-9,11-12,15H,10,13H2,1-2H3,(H,29,31)(H,27,28,30). The van der Waals surface area contributed by atoms with Gasteiger partial charge in [-0.1, -0.05) is 12.1 Å². The molecule has 10 nitrogen and oxygen atoms in total. The molecule has 2 aromatic carbocycles. The molecule has 1 unspecified atom stereocenters. The molecule has 11 heteroatoms. The third kappa shape index (κ3) is 3.56. The van der Waals surface area contributed by atoms with E-state index in [4.69, 9.17) is 9.47 Å². The number of methoxy groups -OCH3 is 1. The second-order valence-corrected chi connectivity index (χ2v) is 8.51. The minimum atomic E-state index is -0.619. The Hall–Kier alpha value is -4.67. The SMILES string of the molecule is COc1ccc(-n2c(=O)c3c[nH]nc3c3cnc(NCC4CN(C)c5ccccc5O4)nc32)c(F)c1. The van der Waals surface area contributed by atoms with E-state index in [1.807, 2.05) is 31.3 Å². The minimum absolute atomic E-state index is 0.0485. The fourth-order valence-electron chi connectivity index (χ4n) is 4.49. The van der Waals surface area contributed by atoms with E-state index in [1.54, 1.807) is 12.3 Å². The molecule has 1 aliphatic rings. The molecule has 1 aliphatic heterocycles. The van der Waals surface area contributed by atoms with Gasteiger partial charge in [-0.25, -0.2) is 9.37 Å². The van der Waals surface area contributed by atoms with Crippen molar-refractivity contribution in [3.63, 3.8) is 0 Å². The average molecular weight is 487 g/mol. The highest BCUT2D eigenvalue weighted by Crippen LogP contribution is 2.32. The lowest BCUT2D eigenvalue weighted by molar-refractivity contribution is 0.208. The number of nitrogens with zero attached hydrogens (tertiary/aromatic N) is 5. The first-order valence-electron chi connectivity index (χ1n) is 11.3. The van der Waals surface area contributed by atoms with E-state index in [-0.39, 0.29) is 23.4 Å². The van der Waals surface area contributed by atoms with Gasteiger partial charge < -0.3 is 19.7 Å². The number of anilines is 2. The lowest BCUT2D eigenvalue weighted by Crippen LogP contribution is -2.41. The molecule has 0 radical (unpaired) electrons. The summed E-state index contributed by atoms with van der Waals surface area (Å²) in [5, 5.41) is 10.9. The van der Waals surface area contributed by atoms with E-state index >= 15 is 4.39 Å². The maximum absolute atomic E-state index is 15.1. The number of aromatic nitrogens is 5. The Morgan fingerprint density at radius 1 is 1.22 bits per heavy atom. The van der Waals surface area contributed by atoms with E-state index < -0.39 is 11.4 Å². The second kappa shape index (κ2) is 8.52. The topological polar surface area (TPSA) is 110 Å². The van der Waals surface area contributed by atoms with Gasteiger partial charge in [-0.3, -0.25) is 14.5 Å². The predicted octanol–water partition coefficient (Wildman–Crippen LogP) is 3.11. The summed E-state index contributed by atoms with van der Waals surface area (Å²) in [6, 6.07) is 12.2. The molecule has 6 rings (SSSR count). The molecule has 5 aromatic rings. The van der Waals surface area contributed by atoms with Crippen LogP contribution in [0.3, 0.4) is 0 Å². The summed E-state index contributed by atoms with van der Waals surface area (Å²) in [7, 11) is 3.46. The van der Waals surface area contributed by atoms with Crippen LogP contribution in [0.4, 0.5) is 16.0 Å². The maximum atomic E-state index is 15.1. The van der Waals surface area contributed by atoms with Crippen molar-refractivity contribution in [3.8, 4) is 17.2 Å². The smallest absolute Gasteiger partial charge is 0.267 e. The zero-order valence-corrected chi connectivity index (χ0v) is 19.5. The van der Waals surface area contributed by atoms with Gasteiger partial charge in [0.2, 0.25) is 5.95 Å². The number of hydrogen-bond acceptors (Lipinski definition) is 8. The summed E-state index contributed by atoms with van der Waals surface area (Å²) in [4.78, 5) is 24.5. The number of nitrogens with one attached hydrogen (secondary N) is 2. The lowest BCUT2D eigenvalue weighted by atomic mass is 10.2. The third-order valence-corrected chi connectivity index (χ3v) is 6.24. The zero-order valence-electron chi connectivity index (χ0n) is 19.5. The average Bonchev–Trinajstić information content (AvgIpc) is 3.39. The lowest BCUT2D eigenvalue weighted by Gasteiger charge is -2.33. The first-order valence-corrected chi connectivity index (χ1v) is 11.3. The number of rotatable bonds is 5. The predicted molar refractivity (Wildman–Crippen MR) is 134 cm³/mol. The molecule has 4 heterocycles. The van der Waals surface area contributed by atoms with Crippen molar-refractivity contribution in [1.29, 1.82) is 0 Å². The minimum Gasteiger partial charge on any atom is -0.497 e. The Balaban J connectivity index is 1.39. The third-order valence-electron chi connectivity index (χ3n) is 6.24. The van der Waals surface area contributed by atoms with Crippen LogP contribution in [0.15, 0.2) is 59.7 Å². The van der Waals surface area contributed by atoms with Crippen LogP contribution in [0.1, 0.15) is 0 Å². The Labute approximate surface area is 204 Å². The van der Waals surface area contributed by atoms with Crippen LogP contribution in [0.25, 0.3) is 27.6 Å². The monoisotopic (exact) mass is 487 g/mol. The molecule has 3 aromatic heterocycles. The highest BCUT2D eigenvalue weighted by atomic mass is 19.1. The van der Waals surface area contributed by atoms with Crippen molar-refractivity contribution in [1.82, 2.24) is 24.7 Å². The van der Waals surface area contributed by atoms with Gasteiger partial charge in [0.1, 0.15) is 23.1 Å². The normalized spacial score (nSPS) is 15.1. The molecular weight excluding hydrogens is 465 g/mol. The van der Waals surface area contributed by atoms with Crippen molar-refractivity contribution in [3.05, 3.63) is 71.0 Å². The first-order chi connectivity index (χ1) is 17.5. The molecule has 0 fully saturated rings. The van der Waals surface area contributed by atoms with E-state index in [1.165, 1.54) is 30.0 Å². The van der Waals surface area contributed by atoms with Crippen LogP contribution in [0, 0.1) is 5.82 Å². The zero-order chi connectivity index (χ0) is 24.8. The molecule has 0 amide bonds. The summed E-state index contributed by atoms with van der Waals surface area (Å²) >= 11 is 0. The number of halogens is 1. The van der Waals surface area contributed by atoms with Crippen molar-refractivity contribution < 1.29 is 13.9 Å². The summed E-state index contributed by atoms with van der Waals surface area (Å²) in [5.74, 6) is 0.812. The number of fused-ring (bicyclic) bond motifs is 4. The highest BCUT2D eigenvalue weighted by Gasteiger charge is 2.24. The van der Waals surface area contributed by atoms with Gasteiger partial charge in [0, 0.05) is 25.5 Å². The van der Waals surface area contributed by atoms with Gasteiger partial charge in [0.25, 0.3) is 5.56 Å². The number of H-pyrrole nitrogens is 1. The molecule has 0 aliphatic carbocycles. The van der Waals surface area contributed by atoms with Crippen LogP contribution >= 0.6 is 0 Å². The summed E-state index contributed by atoms with van der Waals surface area (Å²) in [6.07, 6.45) is 2.91. The van der Waals surface area contributed by atoms with Gasteiger partial charge in [-0.2, -0.15) is 10.1 Å². The maximum Gasteiger partial charge on any atom is 0.267 e. The van der Waals surface area contributed by atoms with E-state index in [0.29, 0.717) is 35.1 Å². The van der Waals surface area contributed by atoms with Crippen molar-refractivity contribution >= 4 is 33.6 Å². The van der Waals surface area contributed by atoms with Gasteiger partial charge in [-0.15, -0.1) is 0 Å². The molecule has 0 spiro atoms. The fourth-order valence-corrected chi connectivity index (χ4v) is 4.49. The quantitative estimate of drug-likeness (QED) is 0.389. The number of ether oxygens (including phenoxy) is 2. The van der Waals surface area contributed by atoms with E-state index in [2.05, 4.69) is 30.4 Å². The second-order valence-electron chi connectivity index (χ2n) is 8.51. The fraction of sp³-hybridized carbons (Fsp3) is 0.200. The van der Waals surface area contributed by atoms with Gasteiger partial charge in [-0.05, 0) is 24.3 Å². The first kappa shape index (κ1) is 21.8. The highest BCUT2D eigenvalue weighted by molar-refractivity contribution is 6.02. The molecular formula is C25H22FN7O3. The van der Waals surface area contributed by atoms with Crippen molar-refractivity contribution in [2.45, 2.75) is 6.10 Å². The summed E-state index contributed by atoms with van der Waals surface area (Å²) < 4.78 is 27.5. The Morgan fingerprint density at radius 2 is 2.08 bits per heavy atom. The number of para-hydroxylation sites is 2. The van der Waals surface area contributed by atoms with Gasteiger partial charge in [0.15, 0.2) is 11.5 Å². The molecule has 0 saturated heterocycles. The number of benzene rings is 2. The largest absolute Gasteiger partial charge is 0.497 e. The van der Waals surface area contributed by atoms with Crippen LogP contribution in [0.5, 0.6) is 11.5 Å². The summed E-state index contributed by atoms with van der Waals surface area (Å²) in [5.41, 5.74) is 1.28. The van der Waals surface area contributed by atoms with Gasteiger partial charge in [0.05, 0.1) is 42.3 Å². The van der Waals surface area contributed by atoms with E-state index in [0.717, 1.165) is 11.4 Å². The number of likely N-dealkylation sites (N-methyl/N-ethyl adjacent to an activating group) is 1. The van der Waals surface area contributed by atoms with Crippen molar-refractivity contribution in [2.75, 3.05) is 37.5 Å². The van der Waals surface area contributed by atoms with Gasteiger partial charge >= 0.3 is 0 Å². The Morgan fingerprint density at radius 3 is 2.92 bits per heavy atom. The van der Waals surface area contributed by atoms with Crippen LogP contribution in [-0.2, 0) is 0 Å². The number of aromatic amines is 1. The van der Waals surface area contributed by atoms with Crippen molar-refractivity contribution in [2.24, 2.45) is 0 Å². The molecule has 0 bridgehead atoms. The molecule has 1 atom stereocenters. The van der Waals surface area contributed by atoms with E-state index in [9.17, 15) is 4.79 Å². The van der Waals surface area contributed by atoms with Crippen LogP contribution in [0.2, 0.25) is 0 Å². The summed E-state index contributed by atoms with van der Waals surface area (Å²) in [6.45, 7) is 1.10. The molecule has 0 saturated carbocycles. The van der Waals surface area contributed by atoms with Crippen LogP contribution in [-0.4, -0.2) is 58.1 Å². The Bertz CT molecular complexity index is 1670. The molecule has 2 N–H and O–H groups in total. The Kier molecular flexibility index (Phi) is 5.17.